The number of fused-ring (bicyclic) bond motifs is 1. The summed E-state index contributed by atoms with van der Waals surface area (Å²) in [6.45, 7) is 0.205. The van der Waals surface area contributed by atoms with E-state index < -0.39 is 11.9 Å². The van der Waals surface area contributed by atoms with E-state index in [0.717, 1.165) is 11.8 Å². The van der Waals surface area contributed by atoms with Crippen LogP contribution in [0.25, 0.3) is 17.2 Å². The van der Waals surface area contributed by atoms with Crippen molar-refractivity contribution in [2.45, 2.75) is 12.7 Å². The first-order chi connectivity index (χ1) is 13.0. The van der Waals surface area contributed by atoms with Gasteiger partial charge in [0.2, 0.25) is 0 Å². The predicted molar refractivity (Wildman–Crippen MR) is 90.6 cm³/mol. The van der Waals surface area contributed by atoms with Crippen LogP contribution in [0.4, 0.5) is 19.0 Å². The van der Waals surface area contributed by atoms with E-state index in [0.29, 0.717) is 5.65 Å². The molecule has 136 valence electrons. The number of rotatable bonds is 4. The second kappa shape index (κ2) is 6.63. The summed E-state index contributed by atoms with van der Waals surface area (Å²) in [6, 6.07) is 9.19. The van der Waals surface area contributed by atoms with Gasteiger partial charge in [0.1, 0.15) is 11.5 Å². The van der Waals surface area contributed by atoms with Crippen LogP contribution in [-0.4, -0.2) is 29.5 Å². The molecule has 1 N–H and O–H groups in total. The Labute approximate surface area is 151 Å². The molecule has 0 unspecified atom stereocenters. The monoisotopic (exact) mass is 371 g/mol. The van der Waals surface area contributed by atoms with Gasteiger partial charge in [-0.25, -0.2) is 19.5 Å². The Hall–Kier alpha value is -3.56. The normalized spacial score (nSPS) is 11.7. The zero-order valence-corrected chi connectivity index (χ0v) is 13.7. The van der Waals surface area contributed by atoms with Crippen LogP contribution in [0.5, 0.6) is 0 Å². The molecule has 0 atom stereocenters. The van der Waals surface area contributed by atoms with E-state index in [1.807, 2.05) is 0 Å². The molecule has 7 nitrogen and oxygen atoms in total. The highest BCUT2D eigenvalue weighted by molar-refractivity contribution is 5.53. The third-order valence-electron chi connectivity index (χ3n) is 3.73. The number of halogens is 3. The number of hydrogen-bond donors (Lipinski definition) is 1. The van der Waals surface area contributed by atoms with Crippen molar-refractivity contribution in [2.24, 2.45) is 0 Å². The van der Waals surface area contributed by atoms with Gasteiger partial charge in [0.25, 0.3) is 0 Å². The molecule has 0 amide bonds. The Bertz CT molecular complexity index is 1080. The quantitative estimate of drug-likeness (QED) is 0.593. The second-order valence-corrected chi connectivity index (χ2v) is 5.57. The van der Waals surface area contributed by atoms with Gasteiger partial charge in [-0.05, 0) is 18.2 Å². The maximum Gasteiger partial charge on any atom is 0.433 e. The van der Waals surface area contributed by atoms with E-state index in [1.54, 1.807) is 47.2 Å². The summed E-state index contributed by atoms with van der Waals surface area (Å²) < 4.78 is 41.3. The lowest BCUT2D eigenvalue weighted by Gasteiger charge is -2.12. The Morgan fingerprint density at radius 3 is 2.63 bits per heavy atom. The first kappa shape index (κ1) is 16.9. The number of anilines is 1. The molecule has 0 aromatic carbocycles. The summed E-state index contributed by atoms with van der Waals surface area (Å²) in [5.74, 6) is -0.0676. The lowest BCUT2D eigenvalue weighted by molar-refractivity contribution is -0.141. The highest BCUT2D eigenvalue weighted by atomic mass is 19.4. The zero-order valence-electron chi connectivity index (χ0n) is 13.7. The number of nitrogens with zero attached hydrogens (tertiary/aromatic N) is 6. The number of nitrogens with one attached hydrogen (secondary N) is 1. The molecule has 0 spiro atoms. The standard InChI is InChI=1S/C17H12F3N7/c18-17(19,20)13-9-14(26-16(25-13)12-3-1-2-6-21-12)23-10-11-4-7-22-15-5-8-24-27(11)15/h1-9H,10H2,(H,23,25,26). The largest absolute Gasteiger partial charge is 0.433 e. The molecule has 10 heteroatoms. The Kier molecular flexibility index (Phi) is 4.15. The minimum Gasteiger partial charge on any atom is -0.364 e. The van der Waals surface area contributed by atoms with Crippen molar-refractivity contribution < 1.29 is 13.2 Å². The average molecular weight is 371 g/mol. The molecule has 0 saturated heterocycles. The fraction of sp³-hybridized carbons (Fsp3) is 0.118. The summed E-state index contributed by atoms with van der Waals surface area (Å²) in [5, 5.41) is 7.04. The van der Waals surface area contributed by atoms with Gasteiger partial charge in [-0.3, -0.25) is 4.98 Å². The van der Waals surface area contributed by atoms with Crippen molar-refractivity contribution in [3.8, 4) is 11.5 Å². The van der Waals surface area contributed by atoms with Gasteiger partial charge in [0, 0.05) is 24.5 Å². The van der Waals surface area contributed by atoms with Crippen molar-refractivity contribution in [3.05, 3.63) is 66.4 Å². The summed E-state index contributed by atoms with van der Waals surface area (Å²) in [4.78, 5) is 15.9. The third kappa shape index (κ3) is 3.54. The Morgan fingerprint density at radius 1 is 0.963 bits per heavy atom. The topological polar surface area (TPSA) is 80.9 Å². The van der Waals surface area contributed by atoms with Crippen LogP contribution in [0.2, 0.25) is 0 Å². The van der Waals surface area contributed by atoms with Gasteiger partial charge in [0.05, 0.1) is 18.4 Å². The number of hydrogen-bond acceptors (Lipinski definition) is 6. The molecular weight excluding hydrogens is 359 g/mol. The lowest BCUT2D eigenvalue weighted by atomic mass is 10.3. The zero-order chi connectivity index (χ0) is 18.9. The number of alkyl halides is 3. The Morgan fingerprint density at radius 2 is 1.85 bits per heavy atom. The summed E-state index contributed by atoms with van der Waals surface area (Å²) in [6.07, 6.45) is 0.0677. The van der Waals surface area contributed by atoms with E-state index in [9.17, 15) is 13.2 Å². The van der Waals surface area contributed by atoms with Gasteiger partial charge >= 0.3 is 6.18 Å². The number of pyridine rings is 1. The van der Waals surface area contributed by atoms with E-state index in [4.69, 9.17) is 0 Å². The maximum atomic E-state index is 13.2. The SMILES string of the molecule is FC(F)(F)c1cc(NCc2ccnc3ccnn23)nc(-c2ccccn2)n1. The number of aromatic nitrogens is 6. The van der Waals surface area contributed by atoms with Crippen LogP contribution in [0.1, 0.15) is 11.4 Å². The van der Waals surface area contributed by atoms with Crippen molar-refractivity contribution in [1.29, 1.82) is 0 Å². The molecule has 0 bridgehead atoms. The minimum absolute atomic E-state index is 0.0371. The van der Waals surface area contributed by atoms with Gasteiger partial charge in [-0.1, -0.05) is 6.07 Å². The molecule has 4 rings (SSSR count). The third-order valence-corrected chi connectivity index (χ3v) is 3.73. The second-order valence-electron chi connectivity index (χ2n) is 5.57. The van der Waals surface area contributed by atoms with Crippen molar-refractivity contribution in [1.82, 2.24) is 29.5 Å². The molecule has 0 radical (unpaired) electrons. The van der Waals surface area contributed by atoms with Crippen LogP contribution in [0, 0.1) is 0 Å². The van der Waals surface area contributed by atoms with Crippen LogP contribution in [-0.2, 0) is 12.7 Å². The summed E-state index contributed by atoms with van der Waals surface area (Å²) in [5.41, 5.74) is 0.573. The van der Waals surface area contributed by atoms with Crippen LogP contribution in [0.3, 0.4) is 0 Å². The molecule has 0 fully saturated rings. The van der Waals surface area contributed by atoms with E-state index in [1.165, 1.54) is 6.20 Å². The molecular formula is C17H12F3N7. The first-order valence-corrected chi connectivity index (χ1v) is 7.90. The maximum absolute atomic E-state index is 13.2. The minimum atomic E-state index is -4.60. The molecule has 4 aromatic heterocycles. The lowest BCUT2D eigenvalue weighted by Crippen LogP contribution is -2.13. The fourth-order valence-corrected chi connectivity index (χ4v) is 2.49. The van der Waals surface area contributed by atoms with E-state index in [2.05, 4.69) is 30.4 Å². The molecule has 4 aromatic rings. The molecule has 0 aliphatic carbocycles. The molecule has 0 aliphatic heterocycles. The van der Waals surface area contributed by atoms with Crippen molar-refractivity contribution >= 4 is 11.5 Å². The average Bonchev–Trinajstić information content (AvgIpc) is 3.15. The van der Waals surface area contributed by atoms with Gasteiger partial charge < -0.3 is 5.32 Å². The van der Waals surface area contributed by atoms with E-state index in [-0.39, 0.29) is 23.9 Å². The predicted octanol–water partition coefficient (Wildman–Crippen LogP) is 3.21. The fourth-order valence-electron chi connectivity index (χ4n) is 2.49. The van der Waals surface area contributed by atoms with E-state index >= 15 is 0 Å². The smallest absolute Gasteiger partial charge is 0.364 e. The first-order valence-electron chi connectivity index (χ1n) is 7.90. The molecule has 27 heavy (non-hydrogen) atoms. The molecule has 0 aliphatic rings. The van der Waals surface area contributed by atoms with Crippen molar-refractivity contribution in [2.75, 3.05) is 5.32 Å². The highest BCUT2D eigenvalue weighted by Crippen LogP contribution is 2.30. The van der Waals surface area contributed by atoms with Crippen LogP contribution in [0.15, 0.2) is 55.0 Å². The molecule has 4 heterocycles. The molecule has 0 saturated carbocycles. The van der Waals surface area contributed by atoms with Crippen LogP contribution < -0.4 is 5.32 Å². The van der Waals surface area contributed by atoms with Gasteiger partial charge in [-0.15, -0.1) is 0 Å². The summed E-state index contributed by atoms with van der Waals surface area (Å²) in [7, 11) is 0. The Balaban J connectivity index is 1.68. The summed E-state index contributed by atoms with van der Waals surface area (Å²) >= 11 is 0. The highest BCUT2D eigenvalue weighted by Gasteiger charge is 2.34. The van der Waals surface area contributed by atoms with Gasteiger partial charge in [-0.2, -0.15) is 18.3 Å². The van der Waals surface area contributed by atoms with Gasteiger partial charge in [0.15, 0.2) is 17.2 Å². The van der Waals surface area contributed by atoms with Crippen molar-refractivity contribution in [3.63, 3.8) is 0 Å². The van der Waals surface area contributed by atoms with Crippen LogP contribution >= 0.6 is 0 Å².